The molecular formula is C10H20O2. The zero-order valence-corrected chi connectivity index (χ0v) is 8.52. The lowest BCUT2D eigenvalue weighted by Crippen LogP contribution is -2.63. The van der Waals surface area contributed by atoms with Crippen LogP contribution in [0, 0.1) is 16.2 Å². The number of rotatable bonds is 2. The quantitative estimate of drug-likeness (QED) is 0.661. The monoisotopic (exact) mass is 172 g/mol. The van der Waals surface area contributed by atoms with Gasteiger partial charge >= 0.3 is 0 Å². The molecule has 2 atom stereocenters. The van der Waals surface area contributed by atoms with Gasteiger partial charge in [-0.1, -0.05) is 27.7 Å². The minimum atomic E-state index is -0.00944. The summed E-state index contributed by atoms with van der Waals surface area (Å²) in [5, 5.41) is 18.5. The fraction of sp³-hybridized carbons (Fsp3) is 1.00. The van der Waals surface area contributed by atoms with E-state index >= 15 is 0 Å². The van der Waals surface area contributed by atoms with Gasteiger partial charge in [-0.05, 0) is 22.7 Å². The summed E-state index contributed by atoms with van der Waals surface area (Å²) < 4.78 is 0. The van der Waals surface area contributed by atoms with Crippen molar-refractivity contribution in [1.29, 1.82) is 0 Å². The van der Waals surface area contributed by atoms with Crippen molar-refractivity contribution in [3.63, 3.8) is 0 Å². The Bertz CT molecular complexity index is 170. The van der Waals surface area contributed by atoms with Crippen molar-refractivity contribution in [2.45, 2.75) is 34.1 Å². The Balaban J connectivity index is 2.85. The fourth-order valence-corrected chi connectivity index (χ4v) is 2.43. The molecule has 0 aromatic carbocycles. The Morgan fingerprint density at radius 1 is 0.917 bits per heavy atom. The van der Waals surface area contributed by atoms with Crippen molar-refractivity contribution in [2.75, 3.05) is 13.2 Å². The Hall–Kier alpha value is -0.0800. The molecule has 1 aliphatic carbocycles. The standard InChI is InChI=1S/C10H20O2/c1-8(2)9(3,6-11)5-10(8,4)7-12/h11-12H,5-7H2,1-4H3. The minimum Gasteiger partial charge on any atom is -0.396 e. The Morgan fingerprint density at radius 3 is 1.42 bits per heavy atom. The molecule has 0 aliphatic heterocycles. The maximum absolute atomic E-state index is 9.23. The molecule has 1 aliphatic rings. The van der Waals surface area contributed by atoms with E-state index < -0.39 is 0 Å². The lowest BCUT2D eigenvalue weighted by molar-refractivity contribution is -0.214. The van der Waals surface area contributed by atoms with Crippen molar-refractivity contribution in [1.82, 2.24) is 0 Å². The highest BCUT2D eigenvalue weighted by atomic mass is 16.3. The topological polar surface area (TPSA) is 40.5 Å². The number of hydrogen-bond donors (Lipinski definition) is 2. The smallest absolute Gasteiger partial charge is 0.0490 e. The van der Waals surface area contributed by atoms with Gasteiger partial charge < -0.3 is 10.2 Å². The number of aliphatic hydroxyl groups is 2. The maximum Gasteiger partial charge on any atom is 0.0490 e. The van der Waals surface area contributed by atoms with Crippen LogP contribution in [0.4, 0.5) is 0 Å². The first-order chi connectivity index (χ1) is 5.33. The third-order valence-electron chi connectivity index (χ3n) is 4.50. The second-order valence-corrected chi connectivity index (χ2v) is 5.24. The summed E-state index contributed by atoms with van der Waals surface area (Å²) >= 11 is 0. The van der Waals surface area contributed by atoms with Crippen LogP contribution in [0.2, 0.25) is 0 Å². The van der Waals surface area contributed by atoms with E-state index in [0.717, 1.165) is 6.42 Å². The summed E-state index contributed by atoms with van der Waals surface area (Å²) in [6, 6.07) is 0. The molecule has 0 amide bonds. The van der Waals surface area contributed by atoms with Crippen LogP contribution in [0.1, 0.15) is 34.1 Å². The van der Waals surface area contributed by atoms with E-state index in [1.165, 1.54) is 0 Å². The van der Waals surface area contributed by atoms with Crippen molar-refractivity contribution >= 4 is 0 Å². The highest BCUT2D eigenvalue weighted by Crippen LogP contribution is 2.67. The molecule has 72 valence electrons. The van der Waals surface area contributed by atoms with E-state index in [1.54, 1.807) is 0 Å². The normalized spacial score (nSPS) is 45.5. The Kier molecular flexibility index (Phi) is 2.05. The van der Waals surface area contributed by atoms with Crippen LogP contribution in [0.25, 0.3) is 0 Å². The second kappa shape index (κ2) is 2.46. The lowest BCUT2D eigenvalue weighted by atomic mass is 9.39. The van der Waals surface area contributed by atoms with Crippen LogP contribution in [0.5, 0.6) is 0 Å². The molecule has 0 bridgehead atoms. The van der Waals surface area contributed by atoms with Crippen molar-refractivity contribution < 1.29 is 10.2 Å². The zero-order chi connectivity index (χ0) is 9.62. The molecule has 2 heteroatoms. The SMILES string of the molecule is CC1(CO)CC(C)(CO)C1(C)C. The Labute approximate surface area is 74.6 Å². The first kappa shape index (κ1) is 10.0. The van der Waals surface area contributed by atoms with Crippen molar-refractivity contribution in [2.24, 2.45) is 16.2 Å². The maximum atomic E-state index is 9.23. The molecule has 0 radical (unpaired) electrons. The molecule has 1 saturated carbocycles. The van der Waals surface area contributed by atoms with E-state index in [4.69, 9.17) is 0 Å². The average molecular weight is 172 g/mol. The van der Waals surface area contributed by atoms with Crippen LogP contribution in [0.3, 0.4) is 0 Å². The van der Waals surface area contributed by atoms with E-state index in [9.17, 15) is 10.2 Å². The van der Waals surface area contributed by atoms with Gasteiger partial charge in [0.2, 0.25) is 0 Å². The fourth-order valence-electron chi connectivity index (χ4n) is 2.43. The van der Waals surface area contributed by atoms with Gasteiger partial charge in [0.25, 0.3) is 0 Å². The zero-order valence-electron chi connectivity index (χ0n) is 8.52. The molecule has 0 heterocycles. The van der Waals surface area contributed by atoms with Gasteiger partial charge in [-0.15, -0.1) is 0 Å². The van der Waals surface area contributed by atoms with Gasteiger partial charge in [0.15, 0.2) is 0 Å². The number of hydrogen-bond acceptors (Lipinski definition) is 2. The lowest BCUT2D eigenvalue weighted by Gasteiger charge is -2.66. The molecule has 2 N–H and O–H groups in total. The van der Waals surface area contributed by atoms with Crippen LogP contribution >= 0.6 is 0 Å². The van der Waals surface area contributed by atoms with Gasteiger partial charge in [-0.2, -0.15) is 0 Å². The molecule has 0 saturated heterocycles. The van der Waals surface area contributed by atoms with Crippen molar-refractivity contribution in [3.8, 4) is 0 Å². The third-order valence-corrected chi connectivity index (χ3v) is 4.50. The first-order valence-corrected chi connectivity index (χ1v) is 4.55. The molecule has 2 unspecified atom stereocenters. The van der Waals surface area contributed by atoms with Crippen LogP contribution in [-0.4, -0.2) is 23.4 Å². The van der Waals surface area contributed by atoms with Gasteiger partial charge in [0.05, 0.1) is 0 Å². The summed E-state index contributed by atoms with van der Waals surface area (Å²) in [5.74, 6) is 0. The first-order valence-electron chi connectivity index (χ1n) is 4.55. The van der Waals surface area contributed by atoms with Crippen LogP contribution in [0.15, 0.2) is 0 Å². The summed E-state index contributed by atoms with van der Waals surface area (Å²) in [6.07, 6.45) is 0.917. The van der Waals surface area contributed by atoms with E-state index in [2.05, 4.69) is 27.7 Å². The average Bonchev–Trinajstić information content (AvgIpc) is 2.03. The Morgan fingerprint density at radius 2 is 1.25 bits per heavy atom. The molecular weight excluding hydrogens is 152 g/mol. The predicted octanol–water partition coefficient (Wildman–Crippen LogP) is 1.41. The van der Waals surface area contributed by atoms with Gasteiger partial charge in [-0.3, -0.25) is 0 Å². The summed E-state index contributed by atoms with van der Waals surface area (Å²) in [6.45, 7) is 8.87. The highest BCUT2D eigenvalue weighted by Gasteiger charge is 2.63. The second-order valence-electron chi connectivity index (χ2n) is 5.24. The van der Waals surface area contributed by atoms with Crippen molar-refractivity contribution in [3.05, 3.63) is 0 Å². The molecule has 0 spiro atoms. The minimum absolute atomic E-state index is 0.00944. The molecule has 0 aromatic rings. The third kappa shape index (κ3) is 0.882. The molecule has 0 aromatic heterocycles. The van der Waals surface area contributed by atoms with Gasteiger partial charge in [-0.25, -0.2) is 0 Å². The predicted molar refractivity (Wildman–Crippen MR) is 48.8 cm³/mol. The van der Waals surface area contributed by atoms with Gasteiger partial charge in [0, 0.05) is 13.2 Å². The molecule has 12 heavy (non-hydrogen) atoms. The highest BCUT2D eigenvalue weighted by molar-refractivity contribution is 5.11. The summed E-state index contributed by atoms with van der Waals surface area (Å²) in [7, 11) is 0. The van der Waals surface area contributed by atoms with E-state index in [-0.39, 0.29) is 29.5 Å². The summed E-state index contributed by atoms with van der Waals surface area (Å²) in [5.41, 5.74) is 0.0124. The van der Waals surface area contributed by atoms with Crippen LogP contribution < -0.4 is 0 Å². The van der Waals surface area contributed by atoms with E-state index in [0.29, 0.717) is 0 Å². The summed E-state index contributed by atoms with van der Waals surface area (Å²) in [4.78, 5) is 0. The largest absolute Gasteiger partial charge is 0.396 e. The molecule has 2 nitrogen and oxygen atoms in total. The van der Waals surface area contributed by atoms with Gasteiger partial charge in [0.1, 0.15) is 0 Å². The molecule has 1 fully saturated rings. The van der Waals surface area contributed by atoms with Crippen LogP contribution in [-0.2, 0) is 0 Å². The number of aliphatic hydroxyl groups excluding tert-OH is 2. The van der Waals surface area contributed by atoms with E-state index in [1.807, 2.05) is 0 Å². The molecule has 1 rings (SSSR count).